The number of benzene rings is 1. The number of amides is 2. The van der Waals surface area contributed by atoms with Crippen LogP contribution in [0.1, 0.15) is 11.1 Å². The second-order valence-corrected chi connectivity index (χ2v) is 4.00. The van der Waals surface area contributed by atoms with Crippen LogP contribution >= 0.6 is 15.9 Å². The fourth-order valence-electron chi connectivity index (χ4n) is 1.08. The molecule has 0 spiro atoms. The van der Waals surface area contributed by atoms with E-state index < -0.39 is 29.2 Å². The molecule has 0 unspecified atom stereocenters. The number of hydrazone groups is 1. The minimum atomic E-state index is -4.83. The lowest BCUT2D eigenvalue weighted by Gasteiger charge is -2.10. The van der Waals surface area contributed by atoms with Crippen molar-refractivity contribution in [1.82, 2.24) is 5.43 Å². The van der Waals surface area contributed by atoms with E-state index in [9.17, 15) is 22.4 Å². The van der Waals surface area contributed by atoms with E-state index in [1.807, 2.05) is 0 Å². The highest BCUT2D eigenvalue weighted by Crippen LogP contribution is 2.34. The number of carbonyl (C=O) groups is 1. The van der Waals surface area contributed by atoms with Crippen LogP contribution in [0.3, 0.4) is 0 Å². The topological polar surface area (TPSA) is 67.5 Å². The first-order chi connectivity index (χ1) is 8.21. The molecule has 0 fully saturated rings. The predicted octanol–water partition coefficient (Wildman–Crippen LogP) is 2.61. The van der Waals surface area contributed by atoms with E-state index >= 15 is 0 Å². The van der Waals surface area contributed by atoms with Crippen LogP contribution in [0.4, 0.5) is 22.4 Å². The molecule has 1 aromatic rings. The molecule has 4 nitrogen and oxygen atoms in total. The van der Waals surface area contributed by atoms with Crippen molar-refractivity contribution in [2.24, 2.45) is 10.8 Å². The molecule has 0 heterocycles. The SMILES string of the molecule is NC(=O)NN=Cc1cc(Br)cc(C(F)(F)F)c1F. The zero-order valence-corrected chi connectivity index (χ0v) is 10.1. The summed E-state index contributed by atoms with van der Waals surface area (Å²) in [4.78, 5) is 10.3. The number of urea groups is 1. The Bertz CT molecular complexity index is 501. The van der Waals surface area contributed by atoms with Gasteiger partial charge in [0, 0.05) is 10.0 Å². The molecule has 0 atom stereocenters. The van der Waals surface area contributed by atoms with E-state index in [0.717, 1.165) is 12.3 Å². The zero-order chi connectivity index (χ0) is 13.9. The molecule has 98 valence electrons. The molecule has 0 aliphatic heterocycles. The van der Waals surface area contributed by atoms with Crippen molar-refractivity contribution >= 4 is 28.2 Å². The van der Waals surface area contributed by atoms with E-state index in [-0.39, 0.29) is 4.47 Å². The third-order valence-corrected chi connectivity index (χ3v) is 2.21. The fourth-order valence-corrected chi connectivity index (χ4v) is 1.55. The van der Waals surface area contributed by atoms with Gasteiger partial charge in [0.15, 0.2) is 0 Å². The van der Waals surface area contributed by atoms with Crippen molar-refractivity contribution in [1.29, 1.82) is 0 Å². The molecule has 18 heavy (non-hydrogen) atoms. The van der Waals surface area contributed by atoms with Crippen molar-refractivity contribution in [3.05, 3.63) is 33.5 Å². The molecule has 0 bridgehead atoms. The van der Waals surface area contributed by atoms with Gasteiger partial charge in [0.1, 0.15) is 5.82 Å². The van der Waals surface area contributed by atoms with Crippen LogP contribution in [0.2, 0.25) is 0 Å². The van der Waals surface area contributed by atoms with Gasteiger partial charge in [-0.25, -0.2) is 14.6 Å². The summed E-state index contributed by atoms with van der Waals surface area (Å²) in [5.74, 6) is -1.49. The Kier molecular flexibility index (Phi) is 4.28. The van der Waals surface area contributed by atoms with E-state index in [4.69, 9.17) is 0 Å². The number of halogens is 5. The first kappa shape index (κ1) is 14.4. The Morgan fingerprint density at radius 1 is 1.44 bits per heavy atom. The Hall–Kier alpha value is -1.64. The van der Waals surface area contributed by atoms with Crippen LogP contribution in [-0.2, 0) is 6.18 Å². The van der Waals surface area contributed by atoms with Gasteiger partial charge in [-0.3, -0.25) is 0 Å². The maximum Gasteiger partial charge on any atom is 0.419 e. The Labute approximate surface area is 107 Å². The van der Waals surface area contributed by atoms with Crippen LogP contribution < -0.4 is 11.2 Å². The smallest absolute Gasteiger partial charge is 0.350 e. The summed E-state index contributed by atoms with van der Waals surface area (Å²) in [5, 5.41) is 3.19. The molecule has 0 saturated carbocycles. The standard InChI is InChI=1S/C9H6BrF4N3O/c10-5-1-4(3-16-17-8(15)18)7(11)6(2-5)9(12,13)14/h1-3H,(H3,15,17,18). The molecule has 0 saturated heterocycles. The summed E-state index contributed by atoms with van der Waals surface area (Å²) in [6.45, 7) is 0. The summed E-state index contributed by atoms with van der Waals surface area (Å²) in [7, 11) is 0. The van der Waals surface area contributed by atoms with Gasteiger partial charge in [-0.15, -0.1) is 0 Å². The lowest BCUT2D eigenvalue weighted by molar-refractivity contribution is -0.140. The van der Waals surface area contributed by atoms with E-state index in [1.54, 1.807) is 5.43 Å². The van der Waals surface area contributed by atoms with Gasteiger partial charge in [-0.2, -0.15) is 18.3 Å². The molecule has 3 N–H and O–H groups in total. The summed E-state index contributed by atoms with van der Waals surface area (Å²) in [6, 6.07) is 0.669. The average molecular weight is 328 g/mol. The van der Waals surface area contributed by atoms with Crippen LogP contribution in [0.25, 0.3) is 0 Å². The van der Waals surface area contributed by atoms with Crippen molar-refractivity contribution in [2.75, 3.05) is 0 Å². The number of nitrogens with one attached hydrogen (secondary N) is 1. The normalized spacial score (nSPS) is 11.8. The molecule has 0 aromatic heterocycles. The molecular weight excluding hydrogens is 322 g/mol. The van der Waals surface area contributed by atoms with Crippen molar-refractivity contribution < 1.29 is 22.4 Å². The van der Waals surface area contributed by atoms with Gasteiger partial charge in [0.25, 0.3) is 0 Å². The van der Waals surface area contributed by atoms with Crippen LogP contribution in [-0.4, -0.2) is 12.2 Å². The van der Waals surface area contributed by atoms with Crippen LogP contribution in [0.15, 0.2) is 21.7 Å². The Balaban J connectivity index is 3.17. The van der Waals surface area contributed by atoms with Crippen LogP contribution in [0.5, 0.6) is 0 Å². The number of primary amides is 1. The van der Waals surface area contributed by atoms with E-state index in [0.29, 0.717) is 6.07 Å². The molecule has 1 aromatic carbocycles. The lowest BCUT2D eigenvalue weighted by Crippen LogP contribution is -2.24. The molecule has 1 rings (SSSR count). The lowest BCUT2D eigenvalue weighted by atomic mass is 10.1. The predicted molar refractivity (Wildman–Crippen MR) is 59.4 cm³/mol. The molecule has 0 aliphatic carbocycles. The van der Waals surface area contributed by atoms with E-state index in [1.165, 1.54) is 0 Å². The highest BCUT2D eigenvalue weighted by molar-refractivity contribution is 9.10. The zero-order valence-electron chi connectivity index (χ0n) is 8.55. The Morgan fingerprint density at radius 3 is 2.56 bits per heavy atom. The number of hydrogen-bond donors (Lipinski definition) is 2. The monoisotopic (exact) mass is 327 g/mol. The summed E-state index contributed by atoms with van der Waals surface area (Å²) in [6.07, 6.45) is -4.10. The maximum atomic E-state index is 13.5. The van der Waals surface area contributed by atoms with Crippen molar-refractivity contribution in [3.8, 4) is 0 Å². The largest absolute Gasteiger partial charge is 0.419 e. The summed E-state index contributed by atoms with van der Waals surface area (Å²) in [5.41, 5.74) is 4.55. The second-order valence-electron chi connectivity index (χ2n) is 3.09. The summed E-state index contributed by atoms with van der Waals surface area (Å²) >= 11 is 2.82. The molecule has 0 aliphatic rings. The molecule has 9 heteroatoms. The van der Waals surface area contributed by atoms with Gasteiger partial charge < -0.3 is 5.73 Å². The van der Waals surface area contributed by atoms with Crippen LogP contribution in [0, 0.1) is 5.82 Å². The molecule has 0 radical (unpaired) electrons. The van der Waals surface area contributed by atoms with Gasteiger partial charge in [-0.1, -0.05) is 15.9 Å². The average Bonchev–Trinajstić information content (AvgIpc) is 2.20. The third kappa shape index (κ3) is 3.69. The van der Waals surface area contributed by atoms with Gasteiger partial charge >= 0.3 is 12.2 Å². The second kappa shape index (κ2) is 5.34. The first-order valence-electron chi connectivity index (χ1n) is 4.36. The molecular formula is C9H6BrF4N3O. The number of carbonyl (C=O) groups excluding carboxylic acids is 1. The van der Waals surface area contributed by atoms with Crippen molar-refractivity contribution in [3.63, 3.8) is 0 Å². The first-order valence-corrected chi connectivity index (χ1v) is 5.16. The minimum Gasteiger partial charge on any atom is -0.350 e. The van der Waals surface area contributed by atoms with E-state index in [2.05, 4.69) is 26.8 Å². The third-order valence-electron chi connectivity index (χ3n) is 1.75. The van der Waals surface area contributed by atoms with Gasteiger partial charge in [0.2, 0.25) is 0 Å². The molecule has 2 amide bonds. The van der Waals surface area contributed by atoms with Crippen molar-refractivity contribution in [2.45, 2.75) is 6.18 Å². The summed E-state index contributed by atoms with van der Waals surface area (Å²) < 4.78 is 50.9. The number of nitrogens with two attached hydrogens (primary N) is 1. The highest BCUT2D eigenvalue weighted by Gasteiger charge is 2.35. The number of nitrogens with zero attached hydrogens (tertiary/aromatic N) is 1. The minimum absolute atomic E-state index is 0.0248. The number of rotatable bonds is 2. The number of alkyl halides is 3. The maximum absolute atomic E-state index is 13.5. The quantitative estimate of drug-likeness (QED) is 0.489. The highest BCUT2D eigenvalue weighted by atomic mass is 79.9. The Morgan fingerprint density at radius 2 is 2.06 bits per heavy atom. The van der Waals surface area contributed by atoms with Gasteiger partial charge in [0.05, 0.1) is 11.8 Å². The fraction of sp³-hybridized carbons (Fsp3) is 0.111. The number of hydrogen-bond acceptors (Lipinski definition) is 2. The van der Waals surface area contributed by atoms with Gasteiger partial charge in [-0.05, 0) is 12.1 Å².